The molecule has 17 heavy (non-hydrogen) atoms. The molecule has 1 aromatic carbocycles. The summed E-state index contributed by atoms with van der Waals surface area (Å²) < 4.78 is 5.83. The van der Waals surface area contributed by atoms with E-state index in [9.17, 15) is 0 Å². The first-order valence-corrected chi connectivity index (χ1v) is 6.53. The van der Waals surface area contributed by atoms with Gasteiger partial charge in [-0.2, -0.15) is 0 Å². The van der Waals surface area contributed by atoms with Gasteiger partial charge in [0.05, 0.1) is 12.2 Å². The summed E-state index contributed by atoms with van der Waals surface area (Å²) in [4.78, 5) is 2.37. The summed E-state index contributed by atoms with van der Waals surface area (Å²) >= 11 is 6.20. The zero-order chi connectivity index (χ0) is 11.8. The number of hydrogen-bond acceptors (Lipinski definition) is 3. The molecule has 3 rings (SSSR count). The minimum atomic E-state index is 0.404. The van der Waals surface area contributed by atoms with Crippen LogP contribution in [0.15, 0.2) is 18.2 Å². The summed E-state index contributed by atoms with van der Waals surface area (Å²) in [6.45, 7) is 2.46. The summed E-state index contributed by atoms with van der Waals surface area (Å²) in [5.74, 6) is 0. The van der Waals surface area contributed by atoms with Crippen molar-refractivity contribution in [3.8, 4) is 0 Å². The Kier molecular flexibility index (Phi) is 2.99. The van der Waals surface area contributed by atoms with Crippen molar-refractivity contribution in [1.82, 2.24) is 0 Å². The molecule has 2 unspecified atom stereocenters. The fourth-order valence-corrected chi connectivity index (χ4v) is 2.98. The van der Waals surface area contributed by atoms with Crippen LogP contribution in [0.5, 0.6) is 0 Å². The van der Waals surface area contributed by atoms with Crippen LogP contribution in [0.25, 0.3) is 0 Å². The molecule has 2 aliphatic rings. The molecule has 1 aromatic rings. The quantitative estimate of drug-likeness (QED) is 0.877. The highest BCUT2D eigenvalue weighted by Crippen LogP contribution is 2.31. The minimum absolute atomic E-state index is 0.404. The van der Waals surface area contributed by atoms with Gasteiger partial charge in [0, 0.05) is 30.3 Å². The van der Waals surface area contributed by atoms with Gasteiger partial charge in [-0.1, -0.05) is 17.7 Å². The van der Waals surface area contributed by atoms with Gasteiger partial charge in [0.15, 0.2) is 0 Å². The predicted molar refractivity (Wildman–Crippen MR) is 69.5 cm³/mol. The Bertz CT molecular complexity index is 412. The van der Waals surface area contributed by atoms with E-state index in [1.165, 1.54) is 18.5 Å². The van der Waals surface area contributed by atoms with E-state index in [-0.39, 0.29) is 0 Å². The summed E-state index contributed by atoms with van der Waals surface area (Å²) in [5.41, 5.74) is 7.81. The monoisotopic (exact) mass is 252 g/mol. The largest absolute Gasteiger partial charge is 0.371 e. The number of hydrogen-bond donors (Lipinski definition) is 1. The van der Waals surface area contributed by atoms with E-state index in [1.54, 1.807) is 0 Å². The predicted octanol–water partition coefficient (Wildman–Crippen LogP) is 2.17. The maximum Gasteiger partial charge on any atom is 0.0755 e. The fraction of sp³-hybridized carbons (Fsp3) is 0.538. The van der Waals surface area contributed by atoms with Gasteiger partial charge in [0.2, 0.25) is 0 Å². The standard InChI is InChI=1S/C13H17ClN2O/c14-13-5-10(2-1-9(13)6-15)16-7-11-3-4-12(8-16)17-11/h1-2,5,11-12H,3-4,6-8,15H2. The van der Waals surface area contributed by atoms with Crippen LogP contribution >= 0.6 is 11.6 Å². The van der Waals surface area contributed by atoms with Gasteiger partial charge in [-0.05, 0) is 30.5 Å². The lowest BCUT2D eigenvalue weighted by Crippen LogP contribution is -2.42. The molecule has 0 aliphatic carbocycles. The summed E-state index contributed by atoms with van der Waals surface area (Å²) in [6, 6.07) is 6.16. The van der Waals surface area contributed by atoms with E-state index in [4.69, 9.17) is 22.1 Å². The lowest BCUT2D eigenvalue weighted by molar-refractivity contribution is 0.0305. The molecule has 2 saturated heterocycles. The van der Waals surface area contributed by atoms with Gasteiger partial charge >= 0.3 is 0 Å². The zero-order valence-corrected chi connectivity index (χ0v) is 10.5. The number of fused-ring (bicyclic) bond motifs is 2. The number of nitrogens with two attached hydrogens (primary N) is 1. The Labute approximate surface area is 106 Å². The summed E-state index contributed by atoms with van der Waals surface area (Å²) in [5, 5.41) is 0.767. The molecule has 0 aromatic heterocycles. The number of anilines is 1. The average Bonchev–Trinajstić information content (AvgIpc) is 2.68. The highest BCUT2D eigenvalue weighted by atomic mass is 35.5. The Morgan fingerprint density at radius 2 is 2.00 bits per heavy atom. The lowest BCUT2D eigenvalue weighted by Gasteiger charge is -2.34. The summed E-state index contributed by atoms with van der Waals surface area (Å²) in [6.07, 6.45) is 3.19. The Hall–Kier alpha value is -0.770. The van der Waals surface area contributed by atoms with Crippen molar-refractivity contribution in [3.63, 3.8) is 0 Å². The van der Waals surface area contributed by atoms with Crippen molar-refractivity contribution in [2.45, 2.75) is 31.6 Å². The molecular weight excluding hydrogens is 236 g/mol. The third-order valence-corrected chi connectivity index (χ3v) is 4.02. The number of ether oxygens (including phenoxy) is 1. The molecule has 0 amide bonds. The maximum absolute atomic E-state index is 6.20. The van der Waals surface area contributed by atoms with Crippen LogP contribution in [0, 0.1) is 0 Å². The van der Waals surface area contributed by atoms with Gasteiger partial charge in [0.25, 0.3) is 0 Å². The molecule has 0 radical (unpaired) electrons. The normalized spacial score (nSPS) is 27.5. The van der Waals surface area contributed by atoms with Crippen molar-refractivity contribution in [2.24, 2.45) is 5.73 Å². The van der Waals surface area contributed by atoms with Crippen molar-refractivity contribution in [1.29, 1.82) is 0 Å². The van der Waals surface area contributed by atoms with Gasteiger partial charge < -0.3 is 15.4 Å². The van der Waals surface area contributed by atoms with Crippen molar-refractivity contribution in [2.75, 3.05) is 18.0 Å². The van der Waals surface area contributed by atoms with Crippen molar-refractivity contribution in [3.05, 3.63) is 28.8 Å². The van der Waals surface area contributed by atoms with E-state index in [2.05, 4.69) is 11.0 Å². The van der Waals surface area contributed by atoms with E-state index in [1.807, 2.05) is 12.1 Å². The van der Waals surface area contributed by atoms with E-state index >= 15 is 0 Å². The average molecular weight is 253 g/mol. The third-order valence-electron chi connectivity index (χ3n) is 3.67. The molecule has 4 heteroatoms. The van der Waals surface area contributed by atoms with Gasteiger partial charge in [-0.15, -0.1) is 0 Å². The topological polar surface area (TPSA) is 38.5 Å². The maximum atomic E-state index is 6.20. The van der Waals surface area contributed by atoms with Gasteiger partial charge in [0.1, 0.15) is 0 Å². The second kappa shape index (κ2) is 4.48. The number of rotatable bonds is 2. The number of halogens is 1. The Morgan fingerprint density at radius 1 is 1.29 bits per heavy atom. The smallest absolute Gasteiger partial charge is 0.0755 e. The molecule has 0 spiro atoms. The molecule has 2 N–H and O–H groups in total. The SMILES string of the molecule is NCc1ccc(N2CC3CCC(C2)O3)cc1Cl. The van der Waals surface area contributed by atoms with Crippen LogP contribution in [0.1, 0.15) is 18.4 Å². The number of benzene rings is 1. The lowest BCUT2D eigenvalue weighted by atomic mass is 10.1. The molecule has 2 aliphatic heterocycles. The summed E-state index contributed by atoms with van der Waals surface area (Å²) in [7, 11) is 0. The van der Waals surface area contributed by atoms with E-state index in [0.717, 1.165) is 23.7 Å². The molecule has 2 bridgehead atoms. The van der Waals surface area contributed by atoms with Crippen molar-refractivity contribution < 1.29 is 4.74 Å². The first-order chi connectivity index (χ1) is 8.26. The van der Waals surface area contributed by atoms with E-state index < -0.39 is 0 Å². The highest BCUT2D eigenvalue weighted by Gasteiger charge is 2.33. The molecule has 2 heterocycles. The highest BCUT2D eigenvalue weighted by molar-refractivity contribution is 6.31. The van der Waals surface area contributed by atoms with Crippen LogP contribution in [0.4, 0.5) is 5.69 Å². The molecule has 2 atom stereocenters. The molecule has 3 nitrogen and oxygen atoms in total. The van der Waals surface area contributed by atoms with E-state index in [0.29, 0.717) is 18.8 Å². The fourth-order valence-electron chi connectivity index (χ4n) is 2.72. The van der Waals surface area contributed by atoms with Crippen LogP contribution in [0.2, 0.25) is 5.02 Å². The van der Waals surface area contributed by atoms with Crippen LogP contribution in [-0.2, 0) is 11.3 Å². The van der Waals surface area contributed by atoms with Crippen molar-refractivity contribution >= 4 is 17.3 Å². The zero-order valence-electron chi connectivity index (χ0n) is 9.73. The molecular formula is C13H17ClN2O. The number of nitrogens with zero attached hydrogens (tertiary/aromatic N) is 1. The first-order valence-electron chi connectivity index (χ1n) is 6.15. The van der Waals surface area contributed by atoms with Gasteiger partial charge in [-0.3, -0.25) is 0 Å². The van der Waals surface area contributed by atoms with Crippen LogP contribution < -0.4 is 10.6 Å². The molecule has 0 saturated carbocycles. The minimum Gasteiger partial charge on any atom is -0.371 e. The van der Waals surface area contributed by atoms with Gasteiger partial charge in [-0.25, -0.2) is 0 Å². The number of morpholine rings is 1. The Morgan fingerprint density at radius 3 is 2.59 bits per heavy atom. The molecule has 92 valence electrons. The molecule has 2 fully saturated rings. The first kappa shape index (κ1) is 11.3. The Balaban J connectivity index is 1.82. The third kappa shape index (κ3) is 2.15. The second-order valence-electron chi connectivity index (χ2n) is 4.84. The van der Waals surface area contributed by atoms with Crippen LogP contribution in [0.3, 0.4) is 0 Å². The second-order valence-corrected chi connectivity index (χ2v) is 5.25. The van der Waals surface area contributed by atoms with Crippen LogP contribution in [-0.4, -0.2) is 25.3 Å².